The molecule has 1 heterocycles. The molecule has 2 aromatic carbocycles. The quantitative estimate of drug-likeness (QED) is 0.497. The molecule has 0 aromatic heterocycles. The lowest BCUT2D eigenvalue weighted by atomic mass is 10.2. The highest BCUT2D eigenvalue weighted by Crippen LogP contribution is 2.21. The van der Waals surface area contributed by atoms with Gasteiger partial charge >= 0.3 is 0 Å². The fourth-order valence-corrected chi connectivity index (χ4v) is 6.59. The van der Waals surface area contributed by atoms with Crippen molar-refractivity contribution in [2.24, 2.45) is 0 Å². The van der Waals surface area contributed by atoms with Crippen LogP contribution in [0.1, 0.15) is 32.3 Å². The number of hydrogen-bond donors (Lipinski definition) is 1. The van der Waals surface area contributed by atoms with E-state index in [0.717, 1.165) is 17.1 Å². The van der Waals surface area contributed by atoms with Gasteiger partial charge in [0.2, 0.25) is 26.0 Å². The maximum atomic E-state index is 12.9. The number of amides is 1. The normalized spacial score (nSPS) is 14.9. The lowest BCUT2D eigenvalue weighted by Gasteiger charge is -2.20. The van der Waals surface area contributed by atoms with E-state index in [4.69, 9.17) is 4.74 Å². The van der Waals surface area contributed by atoms with Crippen LogP contribution in [0.5, 0.6) is 5.75 Å². The monoisotopic (exact) mass is 509 g/mol. The minimum absolute atomic E-state index is 0.0837. The number of nitrogens with zero attached hydrogens (tertiary/aromatic N) is 2. The fraction of sp³-hybridized carbons (Fsp3) is 0.435. The van der Waals surface area contributed by atoms with Gasteiger partial charge in [-0.25, -0.2) is 16.8 Å². The number of sulfonamides is 2. The molecular formula is C23H31N3O6S2. The molecule has 0 aliphatic carbocycles. The first kappa shape index (κ1) is 26.1. The Morgan fingerprint density at radius 1 is 0.941 bits per heavy atom. The molecule has 0 atom stereocenters. The summed E-state index contributed by atoms with van der Waals surface area (Å²) < 4.78 is 59.0. The second kappa shape index (κ2) is 11.3. The van der Waals surface area contributed by atoms with Crippen LogP contribution >= 0.6 is 0 Å². The minimum atomic E-state index is -3.85. The van der Waals surface area contributed by atoms with Gasteiger partial charge in [0.1, 0.15) is 5.75 Å². The van der Waals surface area contributed by atoms with Crippen molar-refractivity contribution in [1.82, 2.24) is 13.9 Å². The van der Waals surface area contributed by atoms with Crippen LogP contribution < -0.4 is 10.1 Å². The Bertz CT molecular complexity index is 1170. The molecule has 3 rings (SSSR count). The predicted octanol–water partition coefficient (Wildman–Crippen LogP) is 2.20. The van der Waals surface area contributed by atoms with E-state index >= 15 is 0 Å². The van der Waals surface area contributed by atoms with Gasteiger partial charge in [0.15, 0.2) is 0 Å². The van der Waals surface area contributed by atoms with E-state index in [9.17, 15) is 21.6 Å². The van der Waals surface area contributed by atoms with Crippen LogP contribution in [0, 0.1) is 0 Å². The lowest BCUT2D eigenvalue weighted by Crippen LogP contribution is -2.40. The largest absolute Gasteiger partial charge is 0.494 e. The molecule has 186 valence electrons. The van der Waals surface area contributed by atoms with E-state index < -0.39 is 26.0 Å². The van der Waals surface area contributed by atoms with E-state index in [1.54, 1.807) is 31.2 Å². The average Bonchev–Trinajstić information content (AvgIpc) is 3.38. The number of ether oxygens (including phenoxy) is 1. The predicted molar refractivity (Wildman–Crippen MR) is 128 cm³/mol. The summed E-state index contributed by atoms with van der Waals surface area (Å²) in [4.78, 5) is 12.8. The van der Waals surface area contributed by atoms with Crippen LogP contribution in [0.3, 0.4) is 0 Å². The Hall–Kier alpha value is -2.47. The van der Waals surface area contributed by atoms with Crippen LogP contribution in [-0.2, 0) is 31.4 Å². The SMILES string of the molecule is CCOc1ccc(S(=O)(=O)N(CC)CC(=O)NCc2ccc(S(=O)(=O)N3CCCC3)cc2)cc1. The molecule has 1 fully saturated rings. The molecule has 0 radical (unpaired) electrons. The Labute approximate surface area is 201 Å². The van der Waals surface area contributed by atoms with E-state index in [1.165, 1.54) is 28.6 Å². The highest BCUT2D eigenvalue weighted by Gasteiger charge is 2.27. The van der Waals surface area contributed by atoms with E-state index in [2.05, 4.69) is 5.32 Å². The third-order valence-corrected chi connectivity index (χ3v) is 9.41. The van der Waals surface area contributed by atoms with Crippen LogP contribution in [0.25, 0.3) is 0 Å². The third kappa shape index (κ3) is 6.15. The van der Waals surface area contributed by atoms with Crippen LogP contribution in [0.15, 0.2) is 58.3 Å². The van der Waals surface area contributed by atoms with Crippen molar-refractivity contribution < 1.29 is 26.4 Å². The zero-order valence-corrected chi connectivity index (χ0v) is 21.1. The summed E-state index contributed by atoms with van der Waals surface area (Å²) in [5.74, 6) is 0.117. The topological polar surface area (TPSA) is 113 Å². The summed E-state index contributed by atoms with van der Waals surface area (Å²) in [7, 11) is -7.34. The van der Waals surface area contributed by atoms with E-state index in [0.29, 0.717) is 31.0 Å². The number of carbonyl (C=O) groups excluding carboxylic acids is 1. The van der Waals surface area contributed by atoms with Crippen molar-refractivity contribution in [3.05, 3.63) is 54.1 Å². The summed E-state index contributed by atoms with van der Waals surface area (Å²) >= 11 is 0. The Balaban J connectivity index is 1.58. The summed E-state index contributed by atoms with van der Waals surface area (Å²) in [6.45, 7) is 5.01. The fourth-order valence-electron chi connectivity index (χ4n) is 3.66. The molecule has 0 unspecified atom stereocenters. The number of hydrogen-bond acceptors (Lipinski definition) is 6. The molecule has 1 saturated heterocycles. The van der Waals surface area contributed by atoms with Crippen LogP contribution in [0.2, 0.25) is 0 Å². The number of likely N-dealkylation sites (N-methyl/N-ethyl adjacent to an activating group) is 1. The molecule has 1 aliphatic rings. The summed E-state index contributed by atoms with van der Waals surface area (Å²) in [6, 6.07) is 12.4. The molecule has 1 amide bonds. The summed E-state index contributed by atoms with van der Waals surface area (Å²) in [5.41, 5.74) is 0.714. The van der Waals surface area contributed by atoms with Crippen molar-refractivity contribution >= 4 is 26.0 Å². The van der Waals surface area contributed by atoms with Gasteiger partial charge in [-0.3, -0.25) is 4.79 Å². The molecule has 1 aliphatic heterocycles. The molecule has 9 nitrogen and oxygen atoms in total. The van der Waals surface area contributed by atoms with Crippen molar-refractivity contribution in [2.75, 3.05) is 32.8 Å². The van der Waals surface area contributed by atoms with Gasteiger partial charge in [-0.2, -0.15) is 8.61 Å². The average molecular weight is 510 g/mol. The highest BCUT2D eigenvalue weighted by molar-refractivity contribution is 7.89. The molecule has 0 bridgehead atoms. The molecule has 11 heteroatoms. The molecule has 0 spiro atoms. The Morgan fingerprint density at radius 3 is 2.09 bits per heavy atom. The van der Waals surface area contributed by atoms with Crippen LogP contribution in [0.4, 0.5) is 0 Å². The first-order valence-corrected chi connectivity index (χ1v) is 14.1. The first-order chi connectivity index (χ1) is 16.2. The molecule has 0 saturated carbocycles. The van der Waals surface area contributed by atoms with Gasteiger partial charge in [-0.1, -0.05) is 19.1 Å². The van der Waals surface area contributed by atoms with Gasteiger partial charge in [0, 0.05) is 26.2 Å². The molecule has 2 aromatic rings. The number of rotatable bonds is 11. The van der Waals surface area contributed by atoms with Gasteiger partial charge in [-0.05, 0) is 61.7 Å². The van der Waals surface area contributed by atoms with Gasteiger partial charge in [0.05, 0.1) is 22.9 Å². The summed E-state index contributed by atoms with van der Waals surface area (Å²) in [5, 5.41) is 2.70. The van der Waals surface area contributed by atoms with Crippen molar-refractivity contribution in [3.63, 3.8) is 0 Å². The van der Waals surface area contributed by atoms with Crippen LogP contribution in [-0.4, -0.2) is 64.1 Å². The maximum absolute atomic E-state index is 12.9. The number of carbonyl (C=O) groups is 1. The standard InChI is InChI=1S/C23H31N3O6S2/c1-3-25(33(28,29)22-13-9-20(10-14-22)32-4-2)18-23(27)24-17-19-7-11-21(12-8-19)34(30,31)26-15-5-6-16-26/h7-14H,3-6,15-18H2,1-2H3,(H,24,27). The Kier molecular flexibility index (Phi) is 8.69. The van der Waals surface area contributed by atoms with Crippen molar-refractivity contribution in [3.8, 4) is 5.75 Å². The second-order valence-corrected chi connectivity index (χ2v) is 11.7. The molecule has 1 N–H and O–H groups in total. The second-order valence-electron chi connectivity index (χ2n) is 7.87. The minimum Gasteiger partial charge on any atom is -0.494 e. The molecular weight excluding hydrogens is 478 g/mol. The lowest BCUT2D eigenvalue weighted by molar-refractivity contribution is -0.121. The number of nitrogens with one attached hydrogen (secondary N) is 1. The van der Waals surface area contributed by atoms with E-state index in [-0.39, 0.29) is 29.4 Å². The smallest absolute Gasteiger partial charge is 0.243 e. The third-order valence-electron chi connectivity index (χ3n) is 5.56. The first-order valence-electron chi connectivity index (χ1n) is 11.3. The van der Waals surface area contributed by atoms with Gasteiger partial charge in [-0.15, -0.1) is 0 Å². The summed E-state index contributed by atoms with van der Waals surface area (Å²) in [6.07, 6.45) is 1.73. The van der Waals surface area contributed by atoms with Gasteiger partial charge in [0.25, 0.3) is 0 Å². The highest BCUT2D eigenvalue weighted by atomic mass is 32.2. The van der Waals surface area contributed by atoms with Gasteiger partial charge < -0.3 is 10.1 Å². The molecule has 34 heavy (non-hydrogen) atoms. The maximum Gasteiger partial charge on any atom is 0.243 e. The zero-order valence-electron chi connectivity index (χ0n) is 19.4. The number of benzene rings is 2. The van der Waals surface area contributed by atoms with E-state index in [1.807, 2.05) is 6.92 Å². The van der Waals surface area contributed by atoms with Crippen molar-refractivity contribution in [2.45, 2.75) is 43.0 Å². The Morgan fingerprint density at radius 2 is 1.53 bits per heavy atom. The zero-order chi connectivity index (χ0) is 24.8. The van der Waals surface area contributed by atoms with Crippen molar-refractivity contribution in [1.29, 1.82) is 0 Å².